The number of likely N-dealkylation sites (tertiary alicyclic amines) is 2. The molecule has 4 aromatic carbocycles. The van der Waals surface area contributed by atoms with E-state index in [0.717, 1.165) is 5.56 Å². The van der Waals surface area contributed by atoms with E-state index in [1.54, 1.807) is 54.4 Å². The topological polar surface area (TPSA) is 235 Å². The van der Waals surface area contributed by atoms with Gasteiger partial charge in [-0.2, -0.15) is 0 Å². The first-order valence-corrected chi connectivity index (χ1v) is 24.7. The van der Waals surface area contributed by atoms with E-state index in [9.17, 15) is 51.5 Å². The fraction of sp³-hybridized carbons (Fsp3) is 0.385. The minimum absolute atomic E-state index is 0.0243. The lowest BCUT2D eigenvalue weighted by molar-refractivity contribution is -0.155. The van der Waals surface area contributed by atoms with Gasteiger partial charge in [0.25, 0.3) is 11.8 Å². The standard InChI is InChI=1S/C22H23FN2O4.C15H16FN3O3.C13H13FN2O2.C2H4BrNO/c1-14-10-20(26)25(17-7-5-16(23)6-8-17)22(14)13-24(21(22)27)12-15-4-9-18(28-2)11-19(15)29-3;1-9-6-13(21)19(11-4-2-10(16)3-5-11)15(9)8-18(14(15)22)7-12(17)20;1-8-6-11(17)16(13(8)7-15-12(13)18)10-4-2-9(14)3-5-10;3-1-2(4)5/h4-9,11,14H,10,12-13H2,1-3H3;2-5,9H,6-8H2,1H3,(H2,17,20);2-5,8H,6-7H2,1H3,(H,15,18);1H2,(H2,4,5). The van der Waals surface area contributed by atoms with Crippen LogP contribution in [-0.2, 0) is 44.9 Å². The van der Waals surface area contributed by atoms with Gasteiger partial charge in [-0.05, 0) is 103 Å². The summed E-state index contributed by atoms with van der Waals surface area (Å²) in [7, 11) is 3.16. The Balaban J connectivity index is 0.000000159. The molecule has 6 saturated heterocycles. The van der Waals surface area contributed by atoms with Gasteiger partial charge in [0, 0.05) is 54.5 Å². The third-order valence-electron chi connectivity index (χ3n) is 14.5. The van der Waals surface area contributed by atoms with Gasteiger partial charge < -0.3 is 36.1 Å². The first kappa shape index (κ1) is 54.3. The first-order valence-electron chi connectivity index (χ1n) is 23.6. The van der Waals surface area contributed by atoms with Gasteiger partial charge in [-0.25, -0.2) is 13.2 Å². The molecule has 6 fully saturated rings. The third-order valence-corrected chi connectivity index (χ3v) is 15.1. The van der Waals surface area contributed by atoms with E-state index in [-0.39, 0.29) is 95.6 Å². The van der Waals surface area contributed by atoms with E-state index in [1.807, 2.05) is 32.9 Å². The number of nitrogens with two attached hydrogens (primary N) is 2. The molecule has 4 aromatic rings. The van der Waals surface area contributed by atoms with E-state index in [0.29, 0.717) is 61.0 Å². The highest BCUT2D eigenvalue weighted by molar-refractivity contribution is 9.09. The molecule has 10 rings (SSSR count). The second kappa shape index (κ2) is 21.5. The van der Waals surface area contributed by atoms with Crippen LogP contribution in [-0.4, -0.2) is 119 Å². The second-order valence-corrected chi connectivity index (χ2v) is 19.5. The van der Waals surface area contributed by atoms with Crippen molar-refractivity contribution in [3.63, 3.8) is 0 Å². The number of amides is 8. The molecule has 6 atom stereocenters. The summed E-state index contributed by atoms with van der Waals surface area (Å²) >= 11 is 2.84. The fourth-order valence-electron chi connectivity index (χ4n) is 10.6. The SMILES string of the molecule is CC1CC(=O)N(c2ccc(F)cc2)C12CN(CC(N)=O)C2=O.CC1CC(=O)N(c2ccc(F)cc2)C12CNC2=O.COc1ccc(CN2CC3(C2=O)C(C)CC(=O)N3c2ccc(F)cc2)c(OC)c1.NC(=O)CBr. The lowest BCUT2D eigenvalue weighted by atomic mass is 9.77. The number of hydrogen-bond acceptors (Lipinski definition) is 10. The Kier molecular flexibility index (Phi) is 15.8. The number of rotatable bonds is 10. The molecule has 0 radical (unpaired) electrons. The van der Waals surface area contributed by atoms with Crippen LogP contribution in [0.25, 0.3) is 0 Å². The molecule has 6 unspecified atom stereocenters. The summed E-state index contributed by atoms with van der Waals surface area (Å²) in [6.45, 7) is 7.04. The van der Waals surface area contributed by atoms with Crippen LogP contribution >= 0.6 is 15.9 Å². The lowest BCUT2D eigenvalue weighted by Crippen LogP contribution is -2.75. The third kappa shape index (κ3) is 9.73. The second-order valence-electron chi connectivity index (χ2n) is 19.0. The molecule has 8 amide bonds. The predicted octanol–water partition coefficient (Wildman–Crippen LogP) is 4.20. The zero-order valence-electron chi connectivity index (χ0n) is 41.2. The Labute approximate surface area is 433 Å². The maximum absolute atomic E-state index is 13.3. The van der Waals surface area contributed by atoms with E-state index >= 15 is 0 Å². The molecule has 0 saturated carbocycles. The Bertz CT molecular complexity index is 2860. The van der Waals surface area contributed by atoms with Crippen LogP contribution in [0.3, 0.4) is 0 Å². The van der Waals surface area contributed by atoms with Crippen molar-refractivity contribution < 1.29 is 61.0 Å². The molecule has 6 heterocycles. The summed E-state index contributed by atoms with van der Waals surface area (Å²) in [5.74, 6) is -1.94. The van der Waals surface area contributed by atoms with Crippen LogP contribution in [0.5, 0.6) is 11.5 Å². The number of alkyl halides is 1. The number of carbonyl (C=O) groups is 8. The molecular weight excluding hydrogens is 1030 g/mol. The molecule has 3 spiro atoms. The van der Waals surface area contributed by atoms with Crippen molar-refractivity contribution in [1.29, 1.82) is 0 Å². The molecule has 0 aliphatic carbocycles. The van der Waals surface area contributed by atoms with Gasteiger partial charge in [-0.3, -0.25) is 53.1 Å². The summed E-state index contributed by atoms with van der Waals surface area (Å²) in [4.78, 5) is 103. The van der Waals surface area contributed by atoms with Gasteiger partial charge in [0.2, 0.25) is 35.4 Å². The van der Waals surface area contributed by atoms with E-state index in [1.165, 1.54) is 63.2 Å². The van der Waals surface area contributed by atoms with Crippen LogP contribution in [0.2, 0.25) is 0 Å². The maximum Gasteiger partial charge on any atom is 0.251 e. The monoisotopic (exact) mass is 1090 g/mol. The molecule has 392 valence electrons. The Morgan fingerprint density at radius 1 is 0.608 bits per heavy atom. The van der Waals surface area contributed by atoms with Crippen molar-refractivity contribution in [3.05, 3.63) is 114 Å². The molecular formula is C52H56BrF3N8O10. The number of anilines is 3. The van der Waals surface area contributed by atoms with Crippen LogP contribution in [0.4, 0.5) is 30.2 Å². The van der Waals surface area contributed by atoms with E-state index in [2.05, 4.69) is 27.0 Å². The van der Waals surface area contributed by atoms with Crippen molar-refractivity contribution in [2.45, 2.75) is 63.2 Å². The van der Waals surface area contributed by atoms with E-state index in [4.69, 9.17) is 15.2 Å². The zero-order chi connectivity index (χ0) is 54.0. The van der Waals surface area contributed by atoms with Gasteiger partial charge >= 0.3 is 0 Å². The molecule has 0 aromatic heterocycles. The van der Waals surface area contributed by atoms with Crippen molar-refractivity contribution in [2.75, 3.05) is 60.4 Å². The fourth-order valence-corrected chi connectivity index (χ4v) is 10.6. The Hall–Kier alpha value is -7.49. The predicted molar refractivity (Wildman–Crippen MR) is 268 cm³/mol. The number of β-lactam (4-membered cyclic amide) rings is 3. The number of nitrogens with one attached hydrogen (secondary N) is 1. The van der Waals surface area contributed by atoms with Crippen LogP contribution in [0.1, 0.15) is 45.6 Å². The van der Waals surface area contributed by atoms with Crippen LogP contribution < -0.4 is 41.0 Å². The van der Waals surface area contributed by atoms with Gasteiger partial charge in [-0.1, -0.05) is 36.7 Å². The molecule has 0 bridgehead atoms. The number of nitrogens with zero attached hydrogens (tertiary/aromatic N) is 5. The molecule has 22 heteroatoms. The number of hydrogen-bond donors (Lipinski definition) is 3. The number of ether oxygens (including phenoxy) is 2. The summed E-state index contributed by atoms with van der Waals surface area (Å²) in [5, 5.41) is 2.95. The van der Waals surface area contributed by atoms with E-state index < -0.39 is 28.3 Å². The number of primary amides is 2. The van der Waals surface area contributed by atoms with Gasteiger partial charge in [0.05, 0.1) is 45.7 Å². The van der Waals surface area contributed by atoms with Gasteiger partial charge in [0.15, 0.2) is 0 Å². The van der Waals surface area contributed by atoms with Crippen LogP contribution in [0.15, 0.2) is 91.0 Å². The summed E-state index contributed by atoms with van der Waals surface area (Å²) < 4.78 is 50.0. The van der Waals surface area contributed by atoms with Gasteiger partial charge in [-0.15, -0.1) is 0 Å². The van der Waals surface area contributed by atoms with Crippen LogP contribution in [0, 0.1) is 35.2 Å². The minimum Gasteiger partial charge on any atom is -0.497 e. The first-order chi connectivity index (χ1) is 35.1. The summed E-state index contributed by atoms with van der Waals surface area (Å²) in [5.41, 5.74) is 9.56. The summed E-state index contributed by atoms with van der Waals surface area (Å²) in [6.07, 6.45) is 0.890. The minimum atomic E-state index is -0.982. The zero-order valence-corrected chi connectivity index (χ0v) is 42.8. The largest absolute Gasteiger partial charge is 0.497 e. The normalized spacial score (nSPS) is 25.3. The van der Waals surface area contributed by atoms with Crippen molar-refractivity contribution in [1.82, 2.24) is 15.1 Å². The molecule has 5 N–H and O–H groups in total. The average molecular weight is 1090 g/mol. The lowest BCUT2D eigenvalue weighted by Gasteiger charge is -2.53. The Morgan fingerprint density at radius 2 is 1.00 bits per heavy atom. The molecule has 6 aliphatic rings. The van der Waals surface area contributed by atoms with Crippen molar-refractivity contribution in [3.8, 4) is 11.5 Å². The maximum atomic E-state index is 13.3. The van der Waals surface area contributed by atoms with Gasteiger partial charge in [0.1, 0.15) is 45.6 Å². The number of carbonyl (C=O) groups excluding carboxylic acids is 8. The highest BCUT2D eigenvalue weighted by Crippen LogP contribution is 2.48. The highest BCUT2D eigenvalue weighted by atomic mass is 79.9. The smallest absolute Gasteiger partial charge is 0.251 e. The number of halogens is 4. The number of methoxy groups -OCH3 is 2. The molecule has 18 nitrogen and oxygen atoms in total. The van der Waals surface area contributed by atoms with Crippen molar-refractivity contribution >= 4 is 80.2 Å². The van der Waals surface area contributed by atoms with Crippen molar-refractivity contribution in [2.24, 2.45) is 29.2 Å². The average Bonchev–Trinajstić information content (AvgIpc) is 3.93. The quantitative estimate of drug-likeness (QED) is 0.151. The molecule has 6 aliphatic heterocycles. The molecule has 74 heavy (non-hydrogen) atoms. The Morgan fingerprint density at radius 3 is 1.32 bits per heavy atom. The number of benzene rings is 4. The summed E-state index contributed by atoms with van der Waals surface area (Å²) in [6, 6.07) is 22.4. The highest BCUT2D eigenvalue weighted by Gasteiger charge is 2.66.